The van der Waals surface area contributed by atoms with Crippen LogP contribution in [-0.4, -0.2) is 24.8 Å². The van der Waals surface area contributed by atoms with Crippen LogP contribution >= 0.6 is 35.1 Å². The van der Waals surface area contributed by atoms with Gasteiger partial charge in [-0.25, -0.2) is 0 Å². The Morgan fingerprint density at radius 1 is 1.40 bits per heavy atom. The summed E-state index contributed by atoms with van der Waals surface area (Å²) in [4.78, 5) is 13.5. The molecule has 0 aromatic heterocycles. The van der Waals surface area contributed by atoms with Gasteiger partial charge in [-0.15, -0.1) is 23.5 Å². The Balaban J connectivity index is 3.25. The van der Waals surface area contributed by atoms with Crippen molar-refractivity contribution < 1.29 is 4.79 Å². The summed E-state index contributed by atoms with van der Waals surface area (Å²) in [5, 5.41) is 0.617. The molecule has 0 unspecified atom stereocenters. The van der Waals surface area contributed by atoms with Crippen LogP contribution in [0.4, 0.5) is 0 Å². The normalized spacial score (nSPS) is 10.4. The number of ketones is 1. The van der Waals surface area contributed by atoms with Gasteiger partial charge >= 0.3 is 0 Å². The van der Waals surface area contributed by atoms with E-state index in [1.165, 1.54) is 0 Å². The van der Waals surface area contributed by atoms with Gasteiger partial charge in [-0.05, 0) is 24.6 Å². The summed E-state index contributed by atoms with van der Waals surface area (Å²) in [5.74, 6) is -0.0835. The number of carbonyl (C=O) groups is 1. The largest absolute Gasteiger partial charge is 0.324 e. The highest BCUT2D eigenvalue weighted by molar-refractivity contribution is 8.01. The molecular weight excluding hydrogens is 250 g/mol. The van der Waals surface area contributed by atoms with Crippen molar-refractivity contribution in [3.63, 3.8) is 0 Å². The summed E-state index contributed by atoms with van der Waals surface area (Å²) in [6, 6.07) is 3.53. The summed E-state index contributed by atoms with van der Waals surface area (Å²) in [6.45, 7) is 0.0166. The highest BCUT2D eigenvalue weighted by Crippen LogP contribution is 2.35. The third-order valence-corrected chi connectivity index (χ3v) is 4.09. The standard InChI is InChI=1S/C10H12ClNOS2/c1-14-9-4-6(8(13)5-12)3-7(11)10(9)15-2/h3-4H,5,12H2,1-2H3. The predicted octanol–water partition coefficient (Wildman–Crippen LogP) is 2.93. The molecule has 0 aliphatic rings. The number of nitrogens with two attached hydrogens (primary N) is 1. The smallest absolute Gasteiger partial charge is 0.176 e. The molecule has 0 radical (unpaired) electrons. The van der Waals surface area contributed by atoms with Gasteiger partial charge in [0, 0.05) is 15.4 Å². The molecule has 0 saturated carbocycles. The van der Waals surface area contributed by atoms with Crippen LogP contribution in [-0.2, 0) is 0 Å². The summed E-state index contributed by atoms with van der Waals surface area (Å²) in [7, 11) is 0. The first kappa shape index (κ1) is 12.9. The van der Waals surface area contributed by atoms with Crippen LogP contribution in [0.5, 0.6) is 0 Å². The second-order valence-electron chi connectivity index (χ2n) is 2.82. The molecule has 0 aliphatic heterocycles. The average Bonchev–Trinajstić information content (AvgIpc) is 2.26. The van der Waals surface area contributed by atoms with Gasteiger partial charge in [-0.3, -0.25) is 4.79 Å². The Morgan fingerprint density at radius 3 is 2.53 bits per heavy atom. The van der Waals surface area contributed by atoms with Crippen LogP contribution in [0, 0.1) is 0 Å². The van der Waals surface area contributed by atoms with Crippen LogP contribution in [0.15, 0.2) is 21.9 Å². The van der Waals surface area contributed by atoms with Gasteiger partial charge in [0.25, 0.3) is 0 Å². The Bertz CT molecular complexity index is 382. The molecule has 0 bridgehead atoms. The number of rotatable bonds is 4. The lowest BCUT2D eigenvalue weighted by molar-refractivity contribution is 0.100. The molecule has 1 rings (SSSR count). The van der Waals surface area contributed by atoms with Gasteiger partial charge in [-0.1, -0.05) is 11.6 Å². The van der Waals surface area contributed by atoms with E-state index < -0.39 is 0 Å². The number of benzene rings is 1. The second kappa shape index (κ2) is 5.80. The highest BCUT2D eigenvalue weighted by atomic mass is 35.5. The number of thioether (sulfide) groups is 2. The third-order valence-electron chi connectivity index (χ3n) is 1.94. The Hall–Kier alpha value is -0.160. The molecule has 0 saturated heterocycles. The quantitative estimate of drug-likeness (QED) is 0.669. The molecule has 0 atom stereocenters. The lowest BCUT2D eigenvalue weighted by Crippen LogP contribution is -2.13. The van der Waals surface area contributed by atoms with E-state index in [1.807, 2.05) is 18.6 Å². The molecule has 82 valence electrons. The summed E-state index contributed by atoms with van der Waals surface area (Å²) in [5.41, 5.74) is 5.90. The first-order valence-electron chi connectivity index (χ1n) is 4.28. The number of Topliss-reactive ketones (excluding diaryl/α,β-unsaturated/α-hetero) is 1. The Kier molecular flexibility index (Phi) is 4.99. The molecule has 0 aliphatic carbocycles. The minimum atomic E-state index is -0.0835. The predicted molar refractivity (Wildman–Crippen MR) is 68.4 cm³/mol. The van der Waals surface area contributed by atoms with Crippen LogP contribution < -0.4 is 5.73 Å². The Morgan fingerprint density at radius 2 is 2.07 bits per heavy atom. The first-order valence-corrected chi connectivity index (χ1v) is 7.11. The molecule has 5 heteroatoms. The van der Waals surface area contributed by atoms with Crippen LogP contribution in [0.2, 0.25) is 5.02 Å². The van der Waals surface area contributed by atoms with Crippen LogP contribution in [0.1, 0.15) is 10.4 Å². The van der Waals surface area contributed by atoms with Gasteiger partial charge in [0.2, 0.25) is 0 Å². The highest BCUT2D eigenvalue weighted by Gasteiger charge is 2.11. The maximum atomic E-state index is 11.4. The SMILES string of the molecule is CSc1cc(C(=O)CN)cc(Cl)c1SC. The zero-order valence-corrected chi connectivity index (χ0v) is 10.9. The Labute approximate surface area is 103 Å². The van der Waals surface area contributed by atoms with E-state index in [-0.39, 0.29) is 12.3 Å². The molecule has 2 nitrogen and oxygen atoms in total. The molecule has 15 heavy (non-hydrogen) atoms. The molecule has 0 spiro atoms. The lowest BCUT2D eigenvalue weighted by Gasteiger charge is -2.09. The fourth-order valence-electron chi connectivity index (χ4n) is 1.20. The van der Waals surface area contributed by atoms with Gasteiger partial charge in [0.15, 0.2) is 5.78 Å². The second-order valence-corrected chi connectivity index (χ2v) is 4.89. The average molecular weight is 262 g/mol. The van der Waals surface area contributed by atoms with Gasteiger partial charge in [0.1, 0.15) is 0 Å². The molecule has 1 aromatic carbocycles. The van der Waals surface area contributed by atoms with Crippen molar-refractivity contribution in [2.24, 2.45) is 5.73 Å². The van der Waals surface area contributed by atoms with E-state index in [1.54, 1.807) is 29.6 Å². The fraction of sp³-hybridized carbons (Fsp3) is 0.300. The monoisotopic (exact) mass is 261 g/mol. The van der Waals surface area contributed by atoms with Crippen LogP contribution in [0.25, 0.3) is 0 Å². The maximum Gasteiger partial charge on any atom is 0.176 e. The van der Waals surface area contributed by atoms with Crippen molar-refractivity contribution in [1.29, 1.82) is 0 Å². The van der Waals surface area contributed by atoms with Crippen LogP contribution in [0.3, 0.4) is 0 Å². The van der Waals surface area contributed by atoms with Gasteiger partial charge in [-0.2, -0.15) is 0 Å². The topological polar surface area (TPSA) is 43.1 Å². The lowest BCUT2D eigenvalue weighted by atomic mass is 10.1. The minimum Gasteiger partial charge on any atom is -0.324 e. The zero-order valence-electron chi connectivity index (χ0n) is 8.54. The van der Waals surface area contributed by atoms with Crippen molar-refractivity contribution in [3.8, 4) is 0 Å². The molecule has 0 amide bonds. The van der Waals surface area contributed by atoms with E-state index in [4.69, 9.17) is 17.3 Å². The van der Waals surface area contributed by atoms with E-state index >= 15 is 0 Å². The van der Waals surface area contributed by atoms with Crippen molar-refractivity contribution in [2.75, 3.05) is 19.1 Å². The molecule has 1 aromatic rings. The van der Waals surface area contributed by atoms with E-state index in [0.29, 0.717) is 10.6 Å². The number of hydrogen-bond acceptors (Lipinski definition) is 4. The molecule has 0 fully saturated rings. The number of halogens is 1. The minimum absolute atomic E-state index is 0.0166. The zero-order chi connectivity index (χ0) is 11.4. The molecular formula is C10H12ClNOS2. The first-order chi connectivity index (χ1) is 7.13. The molecule has 0 heterocycles. The maximum absolute atomic E-state index is 11.4. The van der Waals surface area contributed by atoms with Gasteiger partial charge in [0.05, 0.1) is 11.6 Å². The van der Waals surface area contributed by atoms with Crippen molar-refractivity contribution in [1.82, 2.24) is 0 Å². The van der Waals surface area contributed by atoms with E-state index in [9.17, 15) is 4.79 Å². The van der Waals surface area contributed by atoms with Crippen molar-refractivity contribution >= 4 is 40.9 Å². The third kappa shape index (κ3) is 2.91. The van der Waals surface area contributed by atoms with E-state index in [0.717, 1.165) is 9.79 Å². The number of hydrogen-bond donors (Lipinski definition) is 1. The van der Waals surface area contributed by atoms with Crippen molar-refractivity contribution in [3.05, 3.63) is 22.7 Å². The summed E-state index contributed by atoms with van der Waals surface area (Å²) >= 11 is 9.24. The fourth-order valence-corrected chi connectivity index (χ4v) is 3.26. The number of carbonyl (C=O) groups excluding carboxylic acids is 1. The van der Waals surface area contributed by atoms with E-state index in [2.05, 4.69) is 0 Å². The van der Waals surface area contributed by atoms with Gasteiger partial charge < -0.3 is 5.73 Å². The summed E-state index contributed by atoms with van der Waals surface area (Å²) in [6.07, 6.45) is 3.92. The van der Waals surface area contributed by atoms with Crippen molar-refractivity contribution in [2.45, 2.75) is 9.79 Å². The molecule has 2 N–H and O–H groups in total. The summed E-state index contributed by atoms with van der Waals surface area (Å²) < 4.78 is 0.